The Morgan fingerprint density at radius 2 is 1.11 bits per heavy atom. The van der Waals surface area contributed by atoms with E-state index in [-0.39, 0.29) is 49.7 Å². The quantitative estimate of drug-likeness (QED) is 0.770. The molecule has 2 rings (SSSR count). The Labute approximate surface area is 154 Å². The van der Waals surface area contributed by atoms with Crippen LogP contribution in [0.2, 0.25) is 0 Å². The van der Waals surface area contributed by atoms with E-state index < -0.39 is 17.3 Å². The Balaban J connectivity index is 3.49. The number of hydrogen-bond donors (Lipinski definition) is 0. The first-order chi connectivity index (χ1) is 12.7. The Hall–Kier alpha value is -4.33. The number of fused-ring (bicyclic) bond motifs is 1. The average Bonchev–Trinajstić information content (AvgIpc) is 2.63. The van der Waals surface area contributed by atoms with Crippen LogP contribution in [0.3, 0.4) is 0 Å². The number of nitriles is 4. The van der Waals surface area contributed by atoms with Gasteiger partial charge < -0.3 is 0 Å². The highest BCUT2D eigenvalue weighted by Crippen LogP contribution is 2.36. The molecular weight excluding hydrogens is 344 g/mol. The molecule has 128 valence electrons. The summed E-state index contributed by atoms with van der Waals surface area (Å²) in [7, 11) is 0. The van der Waals surface area contributed by atoms with E-state index >= 15 is 0 Å². The van der Waals surface area contributed by atoms with E-state index in [0.29, 0.717) is 0 Å². The first-order valence-electron chi connectivity index (χ1n) is 7.58. The molecule has 2 aromatic rings. The van der Waals surface area contributed by atoms with Crippen LogP contribution in [0.15, 0.2) is 6.07 Å². The van der Waals surface area contributed by atoms with Crippen LogP contribution < -0.4 is 0 Å². The number of carbonyl (C=O) groups excluding carboxylic acids is 3. The first kappa shape index (κ1) is 19.0. The van der Waals surface area contributed by atoms with Crippen molar-refractivity contribution in [3.8, 4) is 24.3 Å². The van der Waals surface area contributed by atoms with Crippen LogP contribution in [0.4, 0.5) is 0 Å². The molecule has 0 N–H and O–H groups in total. The number of hydrogen-bond acceptors (Lipinski definition) is 7. The van der Waals surface area contributed by atoms with Gasteiger partial charge in [-0.25, -0.2) is 0 Å². The molecular formula is C20H10N4O3. The Morgan fingerprint density at radius 1 is 0.667 bits per heavy atom. The fourth-order valence-corrected chi connectivity index (χ4v) is 3.10. The molecule has 0 spiro atoms. The van der Waals surface area contributed by atoms with E-state index in [4.69, 9.17) is 0 Å². The molecule has 27 heavy (non-hydrogen) atoms. The number of carbonyl (C=O) groups is 3. The molecule has 0 saturated carbocycles. The molecule has 0 fully saturated rings. The van der Waals surface area contributed by atoms with Gasteiger partial charge in [0.2, 0.25) is 0 Å². The minimum atomic E-state index is -0.609. The molecule has 0 heterocycles. The Bertz CT molecular complexity index is 1240. The van der Waals surface area contributed by atoms with E-state index in [1.807, 2.05) is 0 Å². The predicted octanol–water partition coefficient (Wildman–Crippen LogP) is 2.93. The zero-order chi connectivity index (χ0) is 20.5. The topological polar surface area (TPSA) is 146 Å². The maximum absolute atomic E-state index is 12.4. The van der Waals surface area contributed by atoms with Crippen molar-refractivity contribution in [3.63, 3.8) is 0 Å². The third-order valence-electron chi connectivity index (χ3n) is 4.13. The van der Waals surface area contributed by atoms with Gasteiger partial charge in [0, 0.05) is 27.5 Å². The molecule has 0 aliphatic rings. The van der Waals surface area contributed by atoms with Crippen LogP contribution in [0.1, 0.15) is 74.1 Å². The van der Waals surface area contributed by atoms with Gasteiger partial charge >= 0.3 is 0 Å². The Kier molecular flexibility index (Phi) is 4.85. The van der Waals surface area contributed by atoms with Crippen LogP contribution >= 0.6 is 0 Å². The summed E-state index contributed by atoms with van der Waals surface area (Å²) in [5.41, 5.74) is -1.65. The molecule has 0 bridgehead atoms. The number of ketones is 3. The molecule has 7 heteroatoms. The van der Waals surface area contributed by atoms with Crippen molar-refractivity contribution in [2.24, 2.45) is 0 Å². The highest BCUT2D eigenvalue weighted by molar-refractivity contribution is 6.22. The predicted molar refractivity (Wildman–Crippen MR) is 92.8 cm³/mol. The largest absolute Gasteiger partial charge is 0.294 e. The summed E-state index contributed by atoms with van der Waals surface area (Å²) in [6.45, 7) is 3.53. The summed E-state index contributed by atoms with van der Waals surface area (Å²) in [5, 5.41) is 37.9. The second-order valence-electron chi connectivity index (χ2n) is 5.71. The fourth-order valence-electron chi connectivity index (χ4n) is 3.10. The molecule has 2 aromatic carbocycles. The second kappa shape index (κ2) is 6.89. The molecule has 0 aliphatic carbocycles. The lowest BCUT2D eigenvalue weighted by Crippen LogP contribution is -2.14. The molecule has 0 radical (unpaired) electrons. The van der Waals surface area contributed by atoms with Gasteiger partial charge in [-0.05, 0) is 26.8 Å². The van der Waals surface area contributed by atoms with Crippen LogP contribution in [-0.2, 0) is 0 Å². The van der Waals surface area contributed by atoms with E-state index in [1.165, 1.54) is 19.9 Å². The van der Waals surface area contributed by atoms with Gasteiger partial charge in [-0.3, -0.25) is 14.4 Å². The monoisotopic (exact) mass is 354 g/mol. The Morgan fingerprint density at radius 3 is 1.48 bits per heavy atom. The van der Waals surface area contributed by atoms with Crippen molar-refractivity contribution >= 4 is 28.1 Å². The zero-order valence-corrected chi connectivity index (χ0v) is 14.6. The second-order valence-corrected chi connectivity index (χ2v) is 5.71. The normalized spacial score (nSPS) is 9.59. The highest BCUT2D eigenvalue weighted by atomic mass is 16.1. The average molecular weight is 354 g/mol. The van der Waals surface area contributed by atoms with Gasteiger partial charge in [-0.1, -0.05) is 0 Å². The summed E-state index contributed by atoms with van der Waals surface area (Å²) in [4.78, 5) is 36.7. The number of benzene rings is 2. The molecule has 7 nitrogen and oxygen atoms in total. The first-order valence-corrected chi connectivity index (χ1v) is 7.58. The van der Waals surface area contributed by atoms with Crippen molar-refractivity contribution in [1.29, 1.82) is 21.0 Å². The maximum atomic E-state index is 12.4. The maximum Gasteiger partial charge on any atom is 0.161 e. The highest BCUT2D eigenvalue weighted by Gasteiger charge is 2.28. The van der Waals surface area contributed by atoms with Gasteiger partial charge in [0.1, 0.15) is 24.3 Å². The molecule has 0 aromatic heterocycles. The molecule has 0 amide bonds. The smallest absolute Gasteiger partial charge is 0.161 e. The van der Waals surface area contributed by atoms with E-state index in [0.717, 1.165) is 6.92 Å². The van der Waals surface area contributed by atoms with Crippen LogP contribution in [0, 0.1) is 45.3 Å². The van der Waals surface area contributed by atoms with Crippen molar-refractivity contribution in [1.82, 2.24) is 0 Å². The van der Waals surface area contributed by atoms with E-state index in [1.54, 1.807) is 24.3 Å². The number of Topliss-reactive ketones (excluding diaryl/α,β-unsaturated/α-hetero) is 3. The standard InChI is InChI=1S/C20H10N4O3/c1-9(25)12-4-13-14(5-21)15(6-22)16(7-23)17(8-24)20(13)19(11(3)27)18(12)10(2)26/h4H,1-3H3. The van der Waals surface area contributed by atoms with Crippen molar-refractivity contribution in [2.75, 3.05) is 0 Å². The lowest BCUT2D eigenvalue weighted by Gasteiger charge is -2.16. The lowest BCUT2D eigenvalue weighted by atomic mass is 9.82. The summed E-state index contributed by atoms with van der Waals surface area (Å²) >= 11 is 0. The van der Waals surface area contributed by atoms with E-state index in [9.17, 15) is 35.4 Å². The molecule has 0 saturated heterocycles. The zero-order valence-electron chi connectivity index (χ0n) is 14.6. The third-order valence-corrected chi connectivity index (χ3v) is 4.13. The van der Waals surface area contributed by atoms with Crippen LogP contribution in [-0.4, -0.2) is 17.3 Å². The molecule has 0 unspecified atom stereocenters. The fraction of sp³-hybridized carbons (Fsp3) is 0.150. The van der Waals surface area contributed by atoms with Gasteiger partial charge in [0.25, 0.3) is 0 Å². The summed E-state index contributed by atoms with van der Waals surface area (Å²) in [6, 6.07) is 8.29. The third kappa shape index (κ3) is 2.71. The lowest BCUT2D eigenvalue weighted by molar-refractivity contribution is 0.0969. The number of rotatable bonds is 3. The summed E-state index contributed by atoms with van der Waals surface area (Å²) in [5.74, 6) is -1.70. The van der Waals surface area contributed by atoms with Crippen molar-refractivity contribution < 1.29 is 14.4 Å². The van der Waals surface area contributed by atoms with Crippen LogP contribution in [0.5, 0.6) is 0 Å². The summed E-state index contributed by atoms with van der Waals surface area (Å²) < 4.78 is 0. The minimum Gasteiger partial charge on any atom is -0.294 e. The van der Waals surface area contributed by atoms with Crippen molar-refractivity contribution in [3.05, 3.63) is 45.0 Å². The minimum absolute atomic E-state index is 0.00463. The van der Waals surface area contributed by atoms with Gasteiger partial charge in [0.15, 0.2) is 17.3 Å². The van der Waals surface area contributed by atoms with Gasteiger partial charge in [-0.2, -0.15) is 21.0 Å². The van der Waals surface area contributed by atoms with Crippen molar-refractivity contribution in [2.45, 2.75) is 20.8 Å². The SMILES string of the molecule is CC(=O)c1cc2c(C#N)c(C#N)c(C#N)c(C#N)c2c(C(C)=O)c1C(C)=O. The van der Waals surface area contributed by atoms with Gasteiger partial charge in [-0.15, -0.1) is 0 Å². The number of nitrogens with zero attached hydrogens (tertiary/aromatic N) is 4. The molecule has 0 atom stereocenters. The summed E-state index contributed by atoms with van der Waals surface area (Å²) in [6.07, 6.45) is 0. The van der Waals surface area contributed by atoms with E-state index in [2.05, 4.69) is 0 Å². The molecule has 0 aliphatic heterocycles. The van der Waals surface area contributed by atoms with Crippen LogP contribution in [0.25, 0.3) is 10.8 Å². The van der Waals surface area contributed by atoms with Gasteiger partial charge in [0.05, 0.1) is 22.3 Å².